The molecule has 0 heterocycles. The lowest BCUT2D eigenvalue weighted by atomic mass is 9.68. The second-order valence-electron chi connectivity index (χ2n) is 8.90. The third kappa shape index (κ3) is 5.49. The molecule has 0 saturated heterocycles. The van der Waals surface area contributed by atoms with Gasteiger partial charge in [-0.25, -0.2) is 0 Å². The summed E-state index contributed by atoms with van der Waals surface area (Å²) in [5.41, 5.74) is 3.05. The summed E-state index contributed by atoms with van der Waals surface area (Å²) >= 11 is 0. The van der Waals surface area contributed by atoms with E-state index in [2.05, 4.69) is 10.2 Å². The molecule has 34 heavy (non-hydrogen) atoms. The minimum atomic E-state index is -1.02. The Morgan fingerprint density at radius 2 is 1.47 bits per heavy atom. The summed E-state index contributed by atoms with van der Waals surface area (Å²) in [5.74, 6) is -1.20. The fourth-order valence-electron chi connectivity index (χ4n) is 4.62. The summed E-state index contributed by atoms with van der Waals surface area (Å²) in [4.78, 5) is 13.2. The van der Waals surface area contributed by atoms with Crippen LogP contribution in [-0.2, 0) is 9.53 Å². The van der Waals surface area contributed by atoms with Gasteiger partial charge in [-0.15, -0.1) is 5.10 Å². The fourth-order valence-corrected chi connectivity index (χ4v) is 4.62. The van der Waals surface area contributed by atoms with Crippen LogP contribution in [0.2, 0.25) is 0 Å². The van der Waals surface area contributed by atoms with Crippen molar-refractivity contribution >= 4 is 17.4 Å². The van der Waals surface area contributed by atoms with E-state index in [1.807, 2.05) is 91.0 Å². The van der Waals surface area contributed by atoms with Gasteiger partial charge >= 0.3 is 5.97 Å². The van der Waals surface area contributed by atoms with E-state index in [4.69, 9.17) is 4.74 Å². The number of rotatable bonds is 6. The largest absolute Gasteiger partial charge is 0.465 e. The number of esters is 1. The molecule has 0 unspecified atom stereocenters. The quantitative estimate of drug-likeness (QED) is 0.308. The van der Waals surface area contributed by atoms with Gasteiger partial charge in [0.1, 0.15) is 11.6 Å². The third-order valence-electron chi connectivity index (χ3n) is 6.12. The molecule has 0 bridgehead atoms. The molecule has 1 aliphatic rings. The molecule has 1 saturated carbocycles. The van der Waals surface area contributed by atoms with Crippen molar-refractivity contribution in [3.63, 3.8) is 0 Å². The average molecular weight is 455 g/mol. The summed E-state index contributed by atoms with van der Waals surface area (Å²) in [6.45, 7) is 3.87. The maximum Gasteiger partial charge on any atom is 0.315 e. The summed E-state index contributed by atoms with van der Waals surface area (Å²) in [5, 5.41) is 20.4. The van der Waals surface area contributed by atoms with Crippen LogP contribution in [-0.4, -0.2) is 34.7 Å². The highest BCUT2D eigenvalue weighted by atomic mass is 16.5. The van der Waals surface area contributed by atoms with Crippen LogP contribution in [0.1, 0.15) is 49.3 Å². The van der Waals surface area contributed by atoms with E-state index in [9.17, 15) is 9.90 Å². The molecular weight excluding hydrogens is 424 g/mol. The first-order valence-corrected chi connectivity index (χ1v) is 11.7. The number of benzene rings is 3. The zero-order valence-corrected chi connectivity index (χ0v) is 19.6. The zero-order valence-electron chi connectivity index (χ0n) is 19.6. The number of ether oxygens (including phenoxy) is 1. The van der Waals surface area contributed by atoms with Gasteiger partial charge < -0.3 is 9.84 Å². The Morgan fingerprint density at radius 3 is 2.00 bits per heavy atom. The Labute approximate surface area is 200 Å². The van der Waals surface area contributed by atoms with Crippen molar-refractivity contribution < 1.29 is 14.6 Å². The van der Waals surface area contributed by atoms with E-state index in [1.54, 1.807) is 13.8 Å². The lowest BCUT2D eigenvalue weighted by molar-refractivity contribution is -0.147. The van der Waals surface area contributed by atoms with E-state index in [0.29, 0.717) is 17.8 Å². The molecule has 174 valence electrons. The minimum Gasteiger partial charge on any atom is -0.465 e. The van der Waals surface area contributed by atoms with Gasteiger partial charge in [-0.1, -0.05) is 91.0 Å². The Balaban J connectivity index is 1.83. The normalized spacial score (nSPS) is 23.3. The molecular formula is C29H30N2O3. The molecule has 5 nitrogen and oxygen atoms in total. The second kappa shape index (κ2) is 10.6. The molecule has 3 atom stereocenters. The molecule has 0 amide bonds. The molecule has 5 heteroatoms. The van der Waals surface area contributed by atoms with Gasteiger partial charge in [-0.2, -0.15) is 5.10 Å². The van der Waals surface area contributed by atoms with E-state index in [-0.39, 0.29) is 24.9 Å². The first-order chi connectivity index (χ1) is 16.5. The van der Waals surface area contributed by atoms with Crippen molar-refractivity contribution in [1.82, 2.24) is 0 Å². The zero-order chi connectivity index (χ0) is 24.0. The standard InChI is InChI=1S/C29H30N2O3/c1-3-34-28(32)26-24(21-13-7-4-8-14-21)19-29(2,33)20-25(26)30-31-27(22-15-9-5-10-16-22)23-17-11-6-12-18-23/h4-18,24,26,33H,3,19-20H2,1-2H3/b30-25-/t24-,26-,29-/m0/s1. The van der Waals surface area contributed by atoms with Gasteiger partial charge in [-0.3, -0.25) is 4.79 Å². The van der Waals surface area contributed by atoms with Gasteiger partial charge in [0.25, 0.3) is 0 Å². The summed E-state index contributed by atoms with van der Waals surface area (Å²) in [7, 11) is 0. The van der Waals surface area contributed by atoms with E-state index in [0.717, 1.165) is 16.7 Å². The highest BCUT2D eigenvalue weighted by Crippen LogP contribution is 2.42. The van der Waals surface area contributed by atoms with Gasteiger partial charge in [0.15, 0.2) is 0 Å². The highest BCUT2D eigenvalue weighted by molar-refractivity contribution is 6.13. The maximum atomic E-state index is 13.2. The molecule has 0 aliphatic heterocycles. The summed E-state index contributed by atoms with van der Waals surface area (Å²) in [6.07, 6.45) is 0.688. The Kier molecular flexibility index (Phi) is 7.33. The molecule has 0 spiro atoms. The van der Waals surface area contributed by atoms with Crippen molar-refractivity contribution in [3.8, 4) is 0 Å². The lowest BCUT2D eigenvalue weighted by Gasteiger charge is -2.39. The number of nitrogens with zero attached hydrogens (tertiary/aromatic N) is 2. The summed E-state index contributed by atoms with van der Waals surface area (Å²) in [6, 6.07) is 29.5. The molecule has 0 radical (unpaired) electrons. The second-order valence-corrected chi connectivity index (χ2v) is 8.90. The monoisotopic (exact) mass is 454 g/mol. The van der Waals surface area contributed by atoms with Crippen LogP contribution in [0, 0.1) is 5.92 Å². The third-order valence-corrected chi connectivity index (χ3v) is 6.12. The highest BCUT2D eigenvalue weighted by Gasteiger charge is 2.45. The molecule has 3 aromatic carbocycles. The van der Waals surface area contributed by atoms with Gasteiger partial charge in [0.2, 0.25) is 0 Å². The topological polar surface area (TPSA) is 71.2 Å². The Hall–Kier alpha value is -3.57. The maximum absolute atomic E-state index is 13.2. The number of aliphatic hydroxyl groups is 1. The molecule has 1 fully saturated rings. The smallest absolute Gasteiger partial charge is 0.315 e. The van der Waals surface area contributed by atoms with E-state index in [1.165, 1.54) is 0 Å². The number of carbonyl (C=O) groups excluding carboxylic acids is 1. The van der Waals surface area contributed by atoms with Crippen LogP contribution in [0.25, 0.3) is 0 Å². The molecule has 1 aliphatic carbocycles. The van der Waals surface area contributed by atoms with E-state index >= 15 is 0 Å². The van der Waals surface area contributed by atoms with Crippen LogP contribution >= 0.6 is 0 Å². The van der Waals surface area contributed by atoms with Gasteiger partial charge in [-0.05, 0) is 25.8 Å². The number of hydrogen-bond acceptors (Lipinski definition) is 5. The number of carbonyl (C=O) groups is 1. The first kappa shape index (κ1) is 23.6. The summed E-state index contributed by atoms with van der Waals surface area (Å²) < 4.78 is 5.46. The fraction of sp³-hybridized carbons (Fsp3) is 0.276. The van der Waals surface area contributed by atoms with Crippen LogP contribution in [0.3, 0.4) is 0 Å². The SMILES string of the molecule is CCOC(=O)[C@@H]1/C(=N\N=C(c2ccccc2)c2ccccc2)C[C@@](C)(O)C[C@H]1c1ccccc1. The van der Waals surface area contributed by atoms with Crippen molar-refractivity contribution in [1.29, 1.82) is 0 Å². The lowest BCUT2D eigenvalue weighted by Crippen LogP contribution is -2.45. The van der Waals surface area contributed by atoms with Crippen molar-refractivity contribution in [2.45, 2.75) is 38.2 Å². The van der Waals surface area contributed by atoms with Crippen LogP contribution in [0.5, 0.6) is 0 Å². The molecule has 1 N–H and O–H groups in total. The first-order valence-electron chi connectivity index (χ1n) is 11.7. The number of hydrogen-bond donors (Lipinski definition) is 1. The van der Waals surface area contributed by atoms with E-state index < -0.39 is 11.5 Å². The predicted octanol–water partition coefficient (Wildman–Crippen LogP) is 5.39. The van der Waals surface area contributed by atoms with Crippen LogP contribution in [0.15, 0.2) is 101 Å². The van der Waals surface area contributed by atoms with Gasteiger partial charge in [0, 0.05) is 23.5 Å². The molecule has 3 aromatic rings. The van der Waals surface area contributed by atoms with Crippen molar-refractivity contribution in [2.75, 3.05) is 6.61 Å². The van der Waals surface area contributed by atoms with Crippen LogP contribution in [0.4, 0.5) is 0 Å². The Morgan fingerprint density at radius 1 is 0.941 bits per heavy atom. The Bertz CT molecular complexity index is 1110. The average Bonchev–Trinajstić information content (AvgIpc) is 2.85. The predicted molar refractivity (Wildman–Crippen MR) is 135 cm³/mol. The minimum absolute atomic E-state index is 0.250. The van der Waals surface area contributed by atoms with Crippen molar-refractivity contribution in [2.24, 2.45) is 16.1 Å². The van der Waals surface area contributed by atoms with Gasteiger partial charge in [0.05, 0.1) is 17.9 Å². The molecule has 0 aromatic heterocycles. The van der Waals surface area contributed by atoms with Crippen molar-refractivity contribution in [3.05, 3.63) is 108 Å². The molecule has 4 rings (SSSR count). The van der Waals surface area contributed by atoms with Crippen LogP contribution < -0.4 is 0 Å².